The number of nitriles is 1. The lowest BCUT2D eigenvalue weighted by Crippen LogP contribution is -2.05. The molecule has 10 nitrogen and oxygen atoms in total. The molecule has 0 aliphatic rings. The van der Waals surface area contributed by atoms with Gasteiger partial charge in [-0.3, -0.25) is 4.79 Å². The standard InChI is InChI=1S/C22H14N6O4/c23-9-15-7-13(10-29)5-6-14(15)12-31-22-18-4-2-1-3-17(18)20-24-25-21(28(20)26-22)19-8-16(11-30)32-27-19/h1-8,10,30H,11-12H2. The third-order valence-electron chi connectivity index (χ3n) is 4.93. The molecule has 5 aromatic rings. The predicted molar refractivity (Wildman–Crippen MR) is 111 cm³/mol. The molecule has 32 heavy (non-hydrogen) atoms. The molecule has 5 rings (SSSR count). The molecule has 0 spiro atoms. The van der Waals surface area contributed by atoms with Gasteiger partial charge < -0.3 is 14.4 Å². The Bertz CT molecular complexity index is 1510. The van der Waals surface area contributed by atoms with E-state index in [0.717, 1.165) is 10.8 Å². The molecule has 3 aromatic heterocycles. The molecular weight excluding hydrogens is 412 g/mol. The Hall–Kier alpha value is -4.62. The highest BCUT2D eigenvalue weighted by atomic mass is 16.5. The topological polar surface area (TPSA) is 139 Å². The van der Waals surface area contributed by atoms with Gasteiger partial charge in [0.25, 0.3) is 0 Å². The zero-order valence-electron chi connectivity index (χ0n) is 16.5. The van der Waals surface area contributed by atoms with Crippen LogP contribution in [-0.4, -0.2) is 36.4 Å². The van der Waals surface area contributed by atoms with Crippen molar-refractivity contribution in [3.8, 4) is 23.5 Å². The maximum absolute atomic E-state index is 11.0. The summed E-state index contributed by atoms with van der Waals surface area (Å²) < 4.78 is 12.6. The molecule has 0 saturated carbocycles. The molecule has 156 valence electrons. The second-order valence-corrected chi connectivity index (χ2v) is 6.88. The lowest BCUT2D eigenvalue weighted by Gasteiger charge is -2.11. The summed E-state index contributed by atoms with van der Waals surface area (Å²) in [5, 5.41) is 37.1. The smallest absolute Gasteiger partial charge is 0.240 e. The maximum Gasteiger partial charge on any atom is 0.240 e. The van der Waals surface area contributed by atoms with Crippen molar-refractivity contribution in [2.75, 3.05) is 0 Å². The minimum absolute atomic E-state index is 0.0701. The molecule has 0 fully saturated rings. The summed E-state index contributed by atoms with van der Waals surface area (Å²) in [6.45, 7) is -0.223. The van der Waals surface area contributed by atoms with Crippen molar-refractivity contribution in [2.24, 2.45) is 0 Å². The molecule has 0 atom stereocenters. The highest BCUT2D eigenvalue weighted by molar-refractivity contribution is 5.97. The van der Waals surface area contributed by atoms with Gasteiger partial charge in [0, 0.05) is 28.0 Å². The van der Waals surface area contributed by atoms with Crippen LogP contribution in [0.15, 0.2) is 53.1 Å². The second kappa shape index (κ2) is 7.90. The average molecular weight is 426 g/mol. The number of aliphatic hydroxyl groups is 1. The Balaban J connectivity index is 1.60. The molecule has 0 radical (unpaired) electrons. The monoisotopic (exact) mass is 426 g/mol. The van der Waals surface area contributed by atoms with Gasteiger partial charge in [-0.1, -0.05) is 35.5 Å². The number of aliphatic hydroxyl groups excluding tert-OH is 1. The van der Waals surface area contributed by atoms with Crippen molar-refractivity contribution in [3.05, 3.63) is 71.0 Å². The largest absolute Gasteiger partial charge is 0.471 e. The van der Waals surface area contributed by atoms with Gasteiger partial charge in [-0.2, -0.15) is 9.78 Å². The fourth-order valence-electron chi connectivity index (χ4n) is 3.35. The average Bonchev–Trinajstić information content (AvgIpc) is 3.49. The van der Waals surface area contributed by atoms with Crippen LogP contribution < -0.4 is 4.74 Å². The highest BCUT2D eigenvalue weighted by Gasteiger charge is 2.19. The molecule has 0 aliphatic carbocycles. The SMILES string of the molecule is N#Cc1cc(C=O)ccc1COc1nn2c(-c3cc(CO)on3)nnc2c2ccccc12. The van der Waals surface area contributed by atoms with E-state index in [9.17, 15) is 15.2 Å². The van der Waals surface area contributed by atoms with Crippen molar-refractivity contribution in [3.63, 3.8) is 0 Å². The van der Waals surface area contributed by atoms with Gasteiger partial charge in [0.1, 0.15) is 19.5 Å². The van der Waals surface area contributed by atoms with Crippen LogP contribution >= 0.6 is 0 Å². The Morgan fingerprint density at radius 1 is 1.16 bits per heavy atom. The minimum Gasteiger partial charge on any atom is -0.471 e. The molecule has 0 unspecified atom stereocenters. The van der Waals surface area contributed by atoms with E-state index in [-0.39, 0.29) is 19.0 Å². The van der Waals surface area contributed by atoms with Crippen molar-refractivity contribution in [2.45, 2.75) is 13.2 Å². The number of fused-ring (bicyclic) bond motifs is 3. The Morgan fingerprint density at radius 2 is 2.00 bits per heavy atom. The first kappa shape index (κ1) is 19.3. The number of hydrogen-bond donors (Lipinski definition) is 1. The van der Waals surface area contributed by atoms with Crippen LogP contribution in [0.4, 0.5) is 0 Å². The number of aldehydes is 1. The van der Waals surface area contributed by atoms with Gasteiger partial charge in [0.2, 0.25) is 11.7 Å². The van der Waals surface area contributed by atoms with Crippen LogP contribution in [0.3, 0.4) is 0 Å². The third-order valence-corrected chi connectivity index (χ3v) is 4.93. The zero-order chi connectivity index (χ0) is 22.1. The van der Waals surface area contributed by atoms with E-state index >= 15 is 0 Å². The summed E-state index contributed by atoms with van der Waals surface area (Å²) >= 11 is 0. The first-order valence-corrected chi connectivity index (χ1v) is 9.54. The van der Waals surface area contributed by atoms with Crippen LogP contribution in [0.1, 0.15) is 27.2 Å². The quantitative estimate of drug-likeness (QED) is 0.406. The summed E-state index contributed by atoms with van der Waals surface area (Å²) in [5.74, 6) is 0.923. The molecule has 0 saturated heterocycles. The minimum atomic E-state index is -0.293. The van der Waals surface area contributed by atoms with E-state index in [0.29, 0.717) is 46.0 Å². The van der Waals surface area contributed by atoms with Crippen LogP contribution in [0.2, 0.25) is 0 Å². The molecule has 0 bridgehead atoms. The van der Waals surface area contributed by atoms with E-state index < -0.39 is 0 Å². The van der Waals surface area contributed by atoms with Gasteiger partial charge >= 0.3 is 0 Å². The molecule has 0 amide bonds. The lowest BCUT2D eigenvalue weighted by molar-refractivity contribution is 0.112. The van der Waals surface area contributed by atoms with Crippen LogP contribution in [0.25, 0.3) is 27.9 Å². The van der Waals surface area contributed by atoms with E-state index in [4.69, 9.17) is 9.26 Å². The van der Waals surface area contributed by atoms with Gasteiger partial charge in [-0.05, 0) is 12.1 Å². The first-order valence-electron chi connectivity index (χ1n) is 9.54. The summed E-state index contributed by atoms with van der Waals surface area (Å²) in [5.41, 5.74) is 2.26. The number of ether oxygens (including phenoxy) is 1. The molecule has 0 aliphatic heterocycles. The fraction of sp³-hybridized carbons (Fsp3) is 0.0909. The second-order valence-electron chi connectivity index (χ2n) is 6.88. The summed E-state index contributed by atoms with van der Waals surface area (Å²) in [6.07, 6.45) is 0.689. The van der Waals surface area contributed by atoms with Gasteiger partial charge in [0.05, 0.1) is 11.6 Å². The van der Waals surface area contributed by atoms with Crippen LogP contribution in [0, 0.1) is 11.3 Å². The highest BCUT2D eigenvalue weighted by Crippen LogP contribution is 2.29. The van der Waals surface area contributed by atoms with Gasteiger partial charge in [-0.25, -0.2) is 0 Å². The van der Waals surface area contributed by atoms with Crippen molar-refractivity contribution >= 4 is 22.7 Å². The number of carbonyl (C=O) groups excluding carboxylic acids is 1. The molecule has 3 heterocycles. The number of aromatic nitrogens is 5. The van der Waals surface area contributed by atoms with Gasteiger partial charge in [-0.15, -0.1) is 15.3 Å². The Morgan fingerprint density at radius 3 is 2.75 bits per heavy atom. The molecule has 2 aromatic carbocycles. The number of rotatable bonds is 6. The summed E-state index contributed by atoms with van der Waals surface area (Å²) in [6, 6.07) is 15.9. The Kier molecular flexibility index (Phi) is 4.78. The number of hydrogen-bond acceptors (Lipinski definition) is 9. The fourth-order valence-corrected chi connectivity index (χ4v) is 3.35. The molecular formula is C22H14N6O4. The van der Waals surface area contributed by atoms with Crippen LogP contribution in [0.5, 0.6) is 5.88 Å². The summed E-state index contributed by atoms with van der Waals surface area (Å²) in [4.78, 5) is 11.0. The number of nitrogens with zero attached hydrogens (tertiary/aromatic N) is 6. The lowest BCUT2D eigenvalue weighted by atomic mass is 10.1. The predicted octanol–water partition coefficient (Wildman–Crippen LogP) is 2.69. The van der Waals surface area contributed by atoms with Gasteiger partial charge in [0.15, 0.2) is 17.1 Å². The summed E-state index contributed by atoms with van der Waals surface area (Å²) in [7, 11) is 0. The van der Waals surface area contributed by atoms with E-state index in [1.54, 1.807) is 18.2 Å². The maximum atomic E-state index is 11.0. The third kappa shape index (κ3) is 3.23. The molecule has 1 N–H and O–H groups in total. The van der Waals surface area contributed by atoms with Crippen molar-refractivity contribution in [1.82, 2.24) is 25.0 Å². The van der Waals surface area contributed by atoms with E-state index in [1.165, 1.54) is 10.6 Å². The van der Waals surface area contributed by atoms with E-state index in [1.807, 2.05) is 24.3 Å². The zero-order valence-corrected chi connectivity index (χ0v) is 16.5. The van der Waals surface area contributed by atoms with E-state index in [2.05, 4.69) is 26.5 Å². The normalized spacial score (nSPS) is 11.0. The number of carbonyl (C=O) groups is 1. The van der Waals surface area contributed by atoms with Crippen molar-refractivity contribution < 1.29 is 19.2 Å². The first-order chi connectivity index (χ1) is 15.7. The van der Waals surface area contributed by atoms with Crippen molar-refractivity contribution in [1.29, 1.82) is 5.26 Å². The molecule has 10 heteroatoms. The number of benzene rings is 2. The van der Waals surface area contributed by atoms with Crippen LogP contribution in [-0.2, 0) is 13.2 Å². The Labute approximate surface area is 180 Å².